The second-order valence-electron chi connectivity index (χ2n) is 5.99. The van der Waals surface area contributed by atoms with Gasteiger partial charge in [0.1, 0.15) is 5.75 Å². The van der Waals surface area contributed by atoms with Crippen molar-refractivity contribution in [2.24, 2.45) is 7.05 Å². The van der Waals surface area contributed by atoms with Gasteiger partial charge in [0.25, 0.3) is 5.89 Å². The molecule has 4 rings (SSSR count). The Morgan fingerprint density at radius 3 is 2.89 bits per heavy atom. The van der Waals surface area contributed by atoms with Crippen molar-refractivity contribution in [3.63, 3.8) is 0 Å². The van der Waals surface area contributed by atoms with Crippen LogP contribution in [0.3, 0.4) is 0 Å². The lowest BCUT2D eigenvalue weighted by Gasteiger charge is -2.00. The van der Waals surface area contributed by atoms with Gasteiger partial charge in [-0.15, -0.1) is 0 Å². The Morgan fingerprint density at radius 1 is 1.19 bits per heavy atom. The minimum absolute atomic E-state index is 0.0982. The summed E-state index contributed by atoms with van der Waals surface area (Å²) in [5, 5.41) is 4.77. The third-order valence-corrected chi connectivity index (χ3v) is 4.24. The Balaban J connectivity index is 1.49. The third kappa shape index (κ3) is 3.27. The number of aromatic nitrogens is 3. The average Bonchev–Trinajstić information content (AvgIpc) is 3.31. The van der Waals surface area contributed by atoms with Crippen molar-refractivity contribution in [1.29, 1.82) is 0 Å². The first kappa shape index (κ1) is 16.8. The van der Waals surface area contributed by atoms with Crippen molar-refractivity contribution in [2.45, 2.75) is 6.61 Å². The molecule has 0 N–H and O–H groups in total. The van der Waals surface area contributed by atoms with Gasteiger partial charge < -0.3 is 18.6 Å². The van der Waals surface area contributed by atoms with Gasteiger partial charge in [0.15, 0.2) is 6.61 Å². The molecule has 7 nitrogen and oxygen atoms in total. The van der Waals surface area contributed by atoms with Crippen LogP contribution in [0.1, 0.15) is 16.2 Å². The molecule has 0 aliphatic rings. The van der Waals surface area contributed by atoms with E-state index in [0.717, 1.165) is 16.5 Å². The van der Waals surface area contributed by atoms with Crippen molar-refractivity contribution in [1.82, 2.24) is 14.7 Å². The van der Waals surface area contributed by atoms with Crippen LogP contribution in [0.4, 0.5) is 0 Å². The number of benzene rings is 2. The molecule has 2 heterocycles. The largest absolute Gasteiger partial charge is 0.497 e. The molecule has 136 valence electrons. The predicted octanol–water partition coefficient (Wildman–Crippen LogP) is 3.59. The van der Waals surface area contributed by atoms with Gasteiger partial charge in [-0.25, -0.2) is 4.79 Å². The first-order chi connectivity index (χ1) is 13.2. The van der Waals surface area contributed by atoms with Crippen LogP contribution in [0.15, 0.2) is 59.3 Å². The summed E-state index contributed by atoms with van der Waals surface area (Å²) in [7, 11) is 3.48. The summed E-state index contributed by atoms with van der Waals surface area (Å²) in [5.41, 5.74) is 2.22. The fourth-order valence-electron chi connectivity index (χ4n) is 2.90. The van der Waals surface area contributed by atoms with E-state index in [1.165, 1.54) is 0 Å². The number of carbonyl (C=O) groups is 1. The Labute approximate surface area is 155 Å². The average molecular weight is 363 g/mol. The number of aryl methyl sites for hydroxylation is 1. The van der Waals surface area contributed by atoms with Crippen LogP contribution in [0, 0.1) is 0 Å². The van der Waals surface area contributed by atoms with Crippen molar-refractivity contribution in [2.75, 3.05) is 7.11 Å². The molecular formula is C20H17N3O4. The normalized spacial score (nSPS) is 10.9. The van der Waals surface area contributed by atoms with E-state index in [0.29, 0.717) is 17.1 Å². The fourth-order valence-corrected chi connectivity index (χ4v) is 2.90. The maximum atomic E-state index is 12.5. The molecule has 0 atom stereocenters. The van der Waals surface area contributed by atoms with Crippen molar-refractivity contribution in [3.05, 3.63) is 66.2 Å². The van der Waals surface area contributed by atoms with Gasteiger partial charge in [-0.1, -0.05) is 35.5 Å². The number of hydrogen-bond acceptors (Lipinski definition) is 6. The molecular weight excluding hydrogens is 346 g/mol. The second-order valence-corrected chi connectivity index (χ2v) is 5.99. The van der Waals surface area contributed by atoms with Gasteiger partial charge in [0.2, 0.25) is 5.82 Å². The van der Waals surface area contributed by atoms with Crippen LogP contribution in [-0.2, 0) is 18.4 Å². The smallest absolute Gasteiger partial charge is 0.340 e. The number of hydrogen-bond donors (Lipinski definition) is 0. The van der Waals surface area contributed by atoms with E-state index >= 15 is 0 Å². The molecule has 0 unspecified atom stereocenters. The fraction of sp³-hybridized carbons (Fsp3) is 0.150. The number of esters is 1. The SMILES string of the molecule is COc1cccc(-c2noc(COC(=O)c3cn(C)c4ccccc34)n2)c1. The van der Waals surface area contributed by atoms with Crippen LogP contribution < -0.4 is 4.74 Å². The minimum Gasteiger partial charge on any atom is -0.497 e. The lowest BCUT2D eigenvalue weighted by Crippen LogP contribution is -2.05. The van der Waals surface area contributed by atoms with Gasteiger partial charge in [-0.3, -0.25) is 0 Å². The summed E-state index contributed by atoms with van der Waals surface area (Å²) in [5.74, 6) is 0.890. The molecule has 0 bridgehead atoms. The Bertz CT molecular complexity index is 1110. The Morgan fingerprint density at radius 2 is 2.04 bits per heavy atom. The highest BCUT2D eigenvalue weighted by Crippen LogP contribution is 2.23. The number of rotatable bonds is 5. The molecule has 0 spiro atoms. The second kappa shape index (κ2) is 6.95. The van der Waals surface area contributed by atoms with E-state index in [2.05, 4.69) is 10.1 Å². The molecule has 27 heavy (non-hydrogen) atoms. The van der Waals surface area contributed by atoms with E-state index in [1.54, 1.807) is 19.4 Å². The number of carbonyl (C=O) groups excluding carboxylic acids is 1. The van der Waals surface area contributed by atoms with Crippen molar-refractivity contribution < 1.29 is 18.8 Å². The summed E-state index contributed by atoms with van der Waals surface area (Å²) in [6, 6.07) is 15.0. The third-order valence-electron chi connectivity index (χ3n) is 4.24. The zero-order valence-electron chi connectivity index (χ0n) is 14.9. The highest BCUT2D eigenvalue weighted by molar-refractivity contribution is 6.04. The standard InChI is InChI=1S/C20H17N3O4/c1-23-11-16(15-8-3-4-9-17(15)23)20(24)26-12-18-21-19(22-27-18)13-6-5-7-14(10-13)25-2/h3-11H,12H2,1-2H3. The molecule has 0 radical (unpaired) electrons. The van der Waals surface area contributed by atoms with Crippen LogP contribution in [0.5, 0.6) is 5.75 Å². The molecule has 2 aromatic carbocycles. The quantitative estimate of drug-likeness (QED) is 0.504. The van der Waals surface area contributed by atoms with Crippen LogP contribution in [0.25, 0.3) is 22.3 Å². The molecule has 0 aliphatic carbocycles. The molecule has 0 saturated carbocycles. The molecule has 0 fully saturated rings. The predicted molar refractivity (Wildman–Crippen MR) is 98.3 cm³/mol. The maximum absolute atomic E-state index is 12.5. The topological polar surface area (TPSA) is 79.4 Å². The molecule has 2 aromatic heterocycles. The maximum Gasteiger partial charge on any atom is 0.340 e. The van der Waals surface area contributed by atoms with Crippen molar-refractivity contribution in [3.8, 4) is 17.1 Å². The van der Waals surface area contributed by atoms with Crippen LogP contribution in [-0.4, -0.2) is 27.8 Å². The lowest BCUT2D eigenvalue weighted by atomic mass is 10.2. The highest BCUT2D eigenvalue weighted by atomic mass is 16.6. The number of methoxy groups -OCH3 is 1. The summed E-state index contributed by atoms with van der Waals surface area (Å²) in [4.78, 5) is 16.7. The molecule has 4 aromatic rings. The summed E-state index contributed by atoms with van der Waals surface area (Å²) < 4.78 is 17.6. The minimum atomic E-state index is -0.437. The Kier molecular flexibility index (Phi) is 4.33. The molecule has 0 amide bonds. The van der Waals surface area contributed by atoms with Gasteiger partial charge in [-0.05, 0) is 18.2 Å². The van der Waals surface area contributed by atoms with Gasteiger partial charge in [0.05, 0.1) is 12.7 Å². The van der Waals surface area contributed by atoms with Gasteiger partial charge in [0, 0.05) is 29.7 Å². The molecule has 0 saturated heterocycles. The first-order valence-electron chi connectivity index (χ1n) is 8.34. The monoisotopic (exact) mass is 363 g/mol. The zero-order valence-corrected chi connectivity index (χ0v) is 14.9. The van der Waals surface area contributed by atoms with Gasteiger partial charge >= 0.3 is 5.97 Å². The highest BCUT2D eigenvalue weighted by Gasteiger charge is 2.17. The lowest BCUT2D eigenvalue weighted by molar-refractivity contribution is 0.0432. The van der Waals surface area contributed by atoms with Gasteiger partial charge in [-0.2, -0.15) is 4.98 Å². The zero-order chi connectivity index (χ0) is 18.8. The first-order valence-corrected chi connectivity index (χ1v) is 8.34. The number of fused-ring (bicyclic) bond motifs is 1. The summed E-state index contributed by atoms with van der Waals surface area (Å²) >= 11 is 0. The molecule has 0 aliphatic heterocycles. The summed E-state index contributed by atoms with van der Waals surface area (Å²) in [6.45, 7) is -0.0982. The Hall–Kier alpha value is -3.61. The number of ether oxygens (including phenoxy) is 2. The van der Waals surface area contributed by atoms with E-state index in [1.807, 2.05) is 54.1 Å². The van der Waals surface area contributed by atoms with Crippen LogP contribution in [0.2, 0.25) is 0 Å². The van der Waals surface area contributed by atoms with Crippen LogP contribution >= 0.6 is 0 Å². The van der Waals surface area contributed by atoms with E-state index < -0.39 is 5.97 Å². The molecule has 7 heteroatoms. The van der Waals surface area contributed by atoms with E-state index in [4.69, 9.17) is 14.0 Å². The van der Waals surface area contributed by atoms with E-state index in [-0.39, 0.29) is 12.5 Å². The van der Waals surface area contributed by atoms with E-state index in [9.17, 15) is 4.79 Å². The van der Waals surface area contributed by atoms with Crippen molar-refractivity contribution >= 4 is 16.9 Å². The number of para-hydroxylation sites is 1. The number of nitrogens with zero attached hydrogens (tertiary/aromatic N) is 3. The summed E-state index contributed by atoms with van der Waals surface area (Å²) in [6.07, 6.45) is 1.75.